The molecule has 1 atom stereocenters. The molecule has 0 saturated heterocycles. The van der Waals surface area contributed by atoms with Gasteiger partial charge in [0.25, 0.3) is 0 Å². The van der Waals surface area contributed by atoms with Crippen LogP contribution < -0.4 is 0 Å². The standard InChI is InChI=1S/C17H17N/c1-2-14(17-9-5-6-12-18-17)16-11-10-13-7-3-4-8-15(13)16/h3-9,11-12,14H,2,10H2,1H3. The average Bonchev–Trinajstić information content (AvgIpc) is 2.85. The van der Waals surface area contributed by atoms with Crippen LogP contribution in [-0.4, -0.2) is 4.98 Å². The van der Waals surface area contributed by atoms with Crippen molar-refractivity contribution in [1.82, 2.24) is 4.98 Å². The van der Waals surface area contributed by atoms with Crippen LogP contribution in [0.1, 0.15) is 36.1 Å². The number of hydrogen-bond acceptors (Lipinski definition) is 1. The third kappa shape index (κ3) is 1.86. The van der Waals surface area contributed by atoms with Gasteiger partial charge in [-0.15, -0.1) is 0 Å². The SMILES string of the molecule is CCC(C1=CCc2ccccc21)c1ccccn1. The van der Waals surface area contributed by atoms with Crippen molar-refractivity contribution >= 4 is 5.57 Å². The van der Waals surface area contributed by atoms with E-state index in [2.05, 4.69) is 54.4 Å². The molecule has 2 aromatic rings. The summed E-state index contributed by atoms with van der Waals surface area (Å²) in [5.41, 5.74) is 5.49. The van der Waals surface area contributed by atoms with Gasteiger partial charge in [-0.3, -0.25) is 4.98 Å². The van der Waals surface area contributed by atoms with Gasteiger partial charge in [0.1, 0.15) is 0 Å². The summed E-state index contributed by atoms with van der Waals surface area (Å²) in [4.78, 5) is 4.53. The normalized spacial score (nSPS) is 15.1. The van der Waals surface area contributed by atoms with Crippen molar-refractivity contribution in [3.8, 4) is 0 Å². The minimum atomic E-state index is 0.426. The van der Waals surface area contributed by atoms with E-state index in [0.717, 1.165) is 12.8 Å². The lowest BCUT2D eigenvalue weighted by atomic mass is 9.89. The highest BCUT2D eigenvalue weighted by atomic mass is 14.7. The Morgan fingerprint density at radius 2 is 1.94 bits per heavy atom. The van der Waals surface area contributed by atoms with Gasteiger partial charge in [-0.25, -0.2) is 0 Å². The molecule has 0 radical (unpaired) electrons. The topological polar surface area (TPSA) is 12.9 Å². The van der Waals surface area contributed by atoms with Gasteiger partial charge < -0.3 is 0 Å². The molecule has 18 heavy (non-hydrogen) atoms. The van der Waals surface area contributed by atoms with Gasteiger partial charge in [0.15, 0.2) is 0 Å². The first-order chi connectivity index (χ1) is 8.90. The van der Waals surface area contributed by atoms with Crippen LogP contribution in [0.25, 0.3) is 5.57 Å². The second kappa shape index (κ2) is 4.77. The second-order valence-electron chi connectivity index (χ2n) is 4.74. The van der Waals surface area contributed by atoms with E-state index >= 15 is 0 Å². The predicted octanol–water partition coefficient (Wildman–Crippen LogP) is 4.21. The summed E-state index contributed by atoms with van der Waals surface area (Å²) in [6.45, 7) is 2.24. The van der Waals surface area contributed by atoms with Crippen molar-refractivity contribution in [3.05, 3.63) is 71.6 Å². The smallest absolute Gasteiger partial charge is 0.0478 e. The molecule has 1 aliphatic rings. The largest absolute Gasteiger partial charge is 0.261 e. The quantitative estimate of drug-likeness (QED) is 0.776. The fourth-order valence-electron chi connectivity index (χ4n) is 2.81. The van der Waals surface area contributed by atoms with Crippen LogP contribution in [0.15, 0.2) is 54.7 Å². The molecule has 1 unspecified atom stereocenters. The maximum atomic E-state index is 4.53. The predicted molar refractivity (Wildman–Crippen MR) is 75.4 cm³/mol. The zero-order chi connectivity index (χ0) is 12.4. The molecule has 0 saturated carbocycles. The van der Waals surface area contributed by atoms with E-state index in [4.69, 9.17) is 0 Å². The molecule has 1 heteroatoms. The molecule has 1 nitrogen and oxygen atoms in total. The van der Waals surface area contributed by atoms with E-state index < -0.39 is 0 Å². The molecule has 1 aromatic carbocycles. The zero-order valence-corrected chi connectivity index (χ0v) is 10.6. The first kappa shape index (κ1) is 11.2. The van der Waals surface area contributed by atoms with Crippen molar-refractivity contribution in [2.75, 3.05) is 0 Å². The van der Waals surface area contributed by atoms with Gasteiger partial charge in [0, 0.05) is 17.8 Å². The zero-order valence-electron chi connectivity index (χ0n) is 10.6. The Bertz CT molecular complexity index is 569. The van der Waals surface area contributed by atoms with Gasteiger partial charge in [0.05, 0.1) is 0 Å². The number of pyridine rings is 1. The van der Waals surface area contributed by atoms with Crippen LogP contribution in [0.3, 0.4) is 0 Å². The molecular weight excluding hydrogens is 218 g/mol. The van der Waals surface area contributed by atoms with E-state index in [9.17, 15) is 0 Å². The van der Waals surface area contributed by atoms with E-state index in [0.29, 0.717) is 5.92 Å². The van der Waals surface area contributed by atoms with Crippen LogP contribution in [0.2, 0.25) is 0 Å². The highest BCUT2D eigenvalue weighted by molar-refractivity contribution is 5.77. The third-order valence-corrected chi connectivity index (χ3v) is 3.70. The minimum Gasteiger partial charge on any atom is -0.261 e. The van der Waals surface area contributed by atoms with E-state index in [1.165, 1.54) is 22.4 Å². The summed E-state index contributed by atoms with van der Waals surface area (Å²) in [6.07, 6.45) is 6.42. The fraction of sp³-hybridized carbons (Fsp3) is 0.235. The summed E-state index contributed by atoms with van der Waals surface area (Å²) in [5.74, 6) is 0.426. The van der Waals surface area contributed by atoms with Gasteiger partial charge in [-0.1, -0.05) is 43.3 Å². The average molecular weight is 235 g/mol. The molecule has 0 spiro atoms. The fourth-order valence-corrected chi connectivity index (χ4v) is 2.81. The molecule has 1 heterocycles. The molecule has 0 N–H and O–H groups in total. The van der Waals surface area contributed by atoms with Crippen molar-refractivity contribution in [2.45, 2.75) is 25.7 Å². The van der Waals surface area contributed by atoms with Gasteiger partial charge >= 0.3 is 0 Å². The number of benzene rings is 1. The molecule has 0 amide bonds. The van der Waals surface area contributed by atoms with Crippen LogP contribution >= 0.6 is 0 Å². The lowest BCUT2D eigenvalue weighted by Gasteiger charge is -2.17. The van der Waals surface area contributed by atoms with Gasteiger partial charge in [-0.05, 0) is 41.7 Å². The van der Waals surface area contributed by atoms with Crippen molar-refractivity contribution in [2.24, 2.45) is 0 Å². The molecule has 1 aliphatic carbocycles. The number of fused-ring (bicyclic) bond motifs is 1. The maximum absolute atomic E-state index is 4.53. The Kier molecular flexibility index (Phi) is 2.97. The Hall–Kier alpha value is -1.89. The number of rotatable bonds is 3. The van der Waals surface area contributed by atoms with Crippen LogP contribution in [0.4, 0.5) is 0 Å². The van der Waals surface area contributed by atoms with E-state index in [1.807, 2.05) is 12.3 Å². The molecular formula is C17H17N. The molecule has 0 fully saturated rings. The van der Waals surface area contributed by atoms with Crippen molar-refractivity contribution in [3.63, 3.8) is 0 Å². The van der Waals surface area contributed by atoms with Crippen LogP contribution in [0, 0.1) is 0 Å². The second-order valence-corrected chi connectivity index (χ2v) is 4.74. The lowest BCUT2D eigenvalue weighted by Crippen LogP contribution is -2.02. The number of aromatic nitrogens is 1. The summed E-state index contributed by atoms with van der Waals surface area (Å²) >= 11 is 0. The van der Waals surface area contributed by atoms with Crippen LogP contribution in [0.5, 0.6) is 0 Å². The Morgan fingerprint density at radius 3 is 2.72 bits per heavy atom. The first-order valence-corrected chi connectivity index (χ1v) is 6.59. The molecule has 0 aliphatic heterocycles. The summed E-state index contributed by atoms with van der Waals surface area (Å²) < 4.78 is 0. The Balaban J connectivity index is 2.00. The molecule has 3 rings (SSSR count). The Morgan fingerprint density at radius 1 is 1.11 bits per heavy atom. The van der Waals surface area contributed by atoms with Gasteiger partial charge in [0.2, 0.25) is 0 Å². The molecule has 90 valence electrons. The van der Waals surface area contributed by atoms with E-state index in [1.54, 1.807) is 0 Å². The number of allylic oxidation sites excluding steroid dienone is 2. The molecule has 1 aromatic heterocycles. The Labute approximate surface area is 108 Å². The lowest BCUT2D eigenvalue weighted by molar-refractivity contribution is 0.792. The van der Waals surface area contributed by atoms with E-state index in [-0.39, 0.29) is 0 Å². The summed E-state index contributed by atoms with van der Waals surface area (Å²) in [7, 11) is 0. The summed E-state index contributed by atoms with van der Waals surface area (Å²) in [6, 6.07) is 14.9. The highest BCUT2D eigenvalue weighted by Crippen LogP contribution is 2.39. The number of nitrogens with zero attached hydrogens (tertiary/aromatic N) is 1. The third-order valence-electron chi connectivity index (χ3n) is 3.70. The van der Waals surface area contributed by atoms with Crippen molar-refractivity contribution in [1.29, 1.82) is 0 Å². The minimum absolute atomic E-state index is 0.426. The monoisotopic (exact) mass is 235 g/mol. The first-order valence-electron chi connectivity index (χ1n) is 6.59. The van der Waals surface area contributed by atoms with Crippen molar-refractivity contribution < 1.29 is 0 Å². The maximum Gasteiger partial charge on any atom is 0.0478 e. The summed E-state index contributed by atoms with van der Waals surface area (Å²) in [5, 5.41) is 0. The highest BCUT2D eigenvalue weighted by Gasteiger charge is 2.22. The van der Waals surface area contributed by atoms with Crippen LogP contribution in [-0.2, 0) is 6.42 Å². The number of hydrogen-bond donors (Lipinski definition) is 0. The van der Waals surface area contributed by atoms with Gasteiger partial charge in [-0.2, -0.15) is 0 Å². The molecule has 0 bridgehead atoms.